The first-order valence-electron chi connectivity index (χ1n) is 4.37. The van der Waals surface area contributed by atoms with Crippen molar-refractivity contribution in [1.29, 1.82) is 0 Å². The molecule has 86 valence electrons. The van der Waals surface area contributed by atoms with Gasteiger partial charge in [-0.2, -0.15) is 0 Å². The van der Waals surface area contributed by atoms with Gasteiger partial charge >= 0.3 is 5.97 Å². The van der Waals surface area contributed by atoms with E-state index < -0.39 is 28.9 Å². The highest BCUT2D eigenvalue weighted by Crippen LogP contribution is 2.03. The zero-order chi connectivity index (χ0) is 12.0. The van der Waals surface area contributed by atoms with Gasteiger partial charge in [0.2, 0.25) is 11.9 Å². The zero-order valence-electron chi connectivity index (χ0n) is 8.85. The van der Waals surface area contributed by atoms with Crippen molar-refractivity contribution in [3.8, 4) is 0 Å². The number of amides is 1. The van der Waals surface area contributed by atoms with E-state index in [-0.39, 0.29) is 6.42 Å². The van der Waals surface area contributed by atoms with Gasteiger partial charge in [-0.1, -0.05) is 0 Å². The molecule has 0 bridgehead atoms. The summed E-state index contributed by atoms with van der Waals surface area (Å²) in [4.78, 5) is 31.7. The molecule has 1 N–H and O–H groups in total. The van der Waals surface area contributed by atoms with Crippen LogP contribution in [0.3, 0.4) is 0 Å². The van der Waals surface area contributed by atoms with Gasteiger partial charge in [0.1, 0.15) is 6.04 Å². The summed E-state index contributed by atoms with van der Waals surface area (Å²) in [5.74, 6) is -1.11. The van der Waals surface area contributed by atoms with Crippen molar-refractivity contribution in [3.05, 3.63) is 10.1 Å². The Hall–Kier alpha value is -1.66. The Morgan fingerprint density at radius 2 is 2.07 bits per heavy atom. The van der Waals surface area contributed by atoms with E-state index >= 15 is 0 Å². The summed E-state index contributed by atoms with van der Waals surface area (Å²) in [6.45, 7) is 2.59. The minimum Gasteiger partial charge on any atom is -0.467 e. The number of nitrogens with zero attached hydrogens (tertiary/aromatic N) is 1. The third kappa shape index (κ3) is 4.94. The van der Waals surface area contributed by atoms with Crippen LogP contribution in [0.4, 0.5) is 0 Å². The normalized spacial score (nSPS) is 13.8. The van der Waals surface area contributed by atoms with Gasteiger partial charge in [0.25, 0.3) is 0 Å². The van der Waals surface area contributed by atoms with E-state index in [1.54, 1.807) is 0 Å². The van der Waals surface area contributed by atoms with Gasteiger partial charge in [0, 0.05) is 25.2 Å². The second-order valence-corrected chi connectivity index (χ2v) is 3.15. The lowest BCUT2D eigenvalue weighted by Gasteiger charge is -2.15. The molecular weight excluding hydrogens is 204 g/mol. The summed E-state index contributed by atoms with van der Waals surface area (Å²) in [6, 6.07) is -1.88. The summed E-state index contributed by atoms with van der Waals surface area (Å²) in [6.07, 6.45) is -0.0841. The second-order valence-electron chi connectivity index (χ2n) is 3.15. The van der Waals surface area contributed by atoms with Crippen LogP contribution in [0.15, 0.2) is 0 Å². The van der Waals surface area contributed by atoms with Crippen molar-refractivity contribution < 1.29 is 19.2 Å². The number of hydrogen-bond donors (Lipinski definition) is 1. The number of carbonyl (C=O) groups excluding carboxylic acids is 2. The van der Waals surface area contributed by atoms with Crippen LogP contribution >= 0.6 is 0 Å². The molecule has 0 aliphatic heterocycles. The average Bonchev–Trinajstić information content (AvgIpc) is 2.14. The quantitative estimate of drug-likeness (QED) is 0.388. The van der Waals surface area contributed by atoms with Crippen LogP contribution in [0.5, 0.6) is 0 Å². The average molecular weight is 218 g/mol. The van der Waals surface area contributed by atoms with Crippen LogP contribution < -0.4 is 5.32 Å². The third-order valence-electron chi connectivity index (χ3n) is 1.80. The first kappa shape index (κ1) is 13.3. The van der Waals surface area contributed by atoms with Gasteiger partial charge in [0.15, 0.2) is 0 Å². The number of rotatable bonds is 5. The van der Waals surface area contributed by atoms with Gasteiger partial charge in [-0.25, -0.2) is 4.79 Å². The minimum atomic E-state index is -0.965. The second kappa shape index (κ2) is 5.94. The summed E-state index contributed by atoms with van der Waals surface area (Å²) in [5.41, 5.74) is 0. The fourth-order valence-corrected chi connectivity index (χ4v) is 1.03. The van der Waals surface area contributed by atoms with Crippen molar-refractivity contribution in [2.24, 2.45) is 0 Å². The molecule has 0 aromatic heterocycles. The summed E-state index contributed by atoms with van der Waals surface area (Å²) in [7, 11) is 1.16. The van der Waals surface area contributed by atoms with Gasteiger partial charge < -0.3 is 10.1 Å². The molecule has 0 saturated carbocycles. The van der Waals surface area contributed by atoms with E-state index in [9.17, 15) is 19.7 Å². The number of esters is 1. The minimum absolute atomic E-state index is 0.0841. The lowest BCUT2D eigenvalue weighted by atomic mass is 10.1. The Balaban J connectivity index is 4.43. The predicted molar refractivity (Wildman–Crippen MR) is 50.7 cm³/mol. The fraction of sp³-hybridized carbons (Fsp3) is 0.750. The first-order valence-corrected chi connectivity index (χ1v) is 4.37. The number of carbonyl (C=O) groups is 2. The Morgan fingerprint density at radius 1 is 1.53 bits per heavy atom. The van der Waals surface area contributed by atoms with Crippen molar-refractivity contribution in [3.63, 3.8) is 0 Å². The third-order valence-corrected chi connectivity index (χ3v) is 1.80. The molecule has 2 atom stereocenters. The molecule has 2 unspecified atom stereocenters. The van der Waals surface area contributed by atoms with Gasteiger partial charge in [-0.3, -0.25) is 14.9 Å². The molecule has 0 aromatic rings. The molecular formula is C8H14N2O5. The molecule has 15 heavy (non-hydrogen) atoms. The smallest absolute Gasteiger partial charge is 0.328 e. The molecule has 0 saturated heterocycles. The maximum absolute atomic E-state index is 11.1. The number of methoxy groups -OCH3 is 1. The summed E-state index contributed by atoms with van der Waals surface area (Å²) in [5, 5.41) is 12.7. The predicted octanol–water partition coefficient (Wildman–Crippen LogP) is -0.281. The molecule has 0 aromatic carbocycles. The monoisotopic (exact) mass is 218 g/mol. The molecule has 0 rings (SSSR count). The highest BCUT2D eigenvalue weighted by atomic mass is 16.6. The Morgan fingerprint density at radius 3 is 2.40 bits per heavy atom. The zero-order valence-corrected chi connectivity index (χ0v) is 8.85. The largest absolute Gasteiger partial charge is 0.467 e. The molecule has 0 fully saturated rings. The maximum atomic E-state index is 11.1. The Bertz CT molecular complexity index is 266. The van der Waals surface area contributed by atoms with Crippen LogP contribution in [-0.2, 0) is 14.3 Å². The lowest BCUT2D eigenvalue weighted by Crippen LogP contribution is -2.43. The van der Waals surface area contributed by atoms with Crippen LogP contribution in [0, 0.1) is 10.1 Å². The summed E-state index contributed by atoms with van der Waals surface area (Å²) >= 11 is 0. The number of nitro groups is 1. The number of ether oxygens (including phenoxy) is 1. The molecule has 0 heterocycles. The lowest BCUT2D eigenvalue weighted by molar-refractivity contribution is -0.519. The first-order chi connectivity index (χ1) is 6.88. The SMILES string of the molecule is COC(=O)C(CC(C)[N+](=O)[O-])NC(C)=O. The molecule has 0 aliphatic carbocycles. The number of nitrogens with one attached hydrogen (secondary N) is 1. The van der Waals surface area contributed by atoms with Gasteiger partial charge in [0.05, 0.1) is 7.11 Å². The molecule has 0 spiro atoms. The van der Waals surface area contributed by atoms with E-state index in [4.69, 9.17) is 0 Å². The maximum Gasteiger partial charge on any atom is 0.328 e. The van der Waals surface area contributed by atoms with Crippen molar-refractivity contribution in [2.75, 3.05) is 7.11 Å². The van der Waals surface area contributed by atoms with Crippen LogP contribution in [0.2, 0.25) is 0 Å². The topological polar surface area (TPSA) is 98.5 Å². The highest BCUT2D eigenvalue weighted by Gasteiger charge is 2.27. The van der Waals surface area contributed by atoms with Gasteiger partial charge in [-0.15, -0.1) is 0 Å². The molecule has 7 nitrogen and oxygen atoms in total. The Labute approximate surface area is 86.9 Å². The molecule has 7 heteroatoms. The van der Waals surface area contributed by atoms with Crippen molar-refractivity contribution in [2.45, 2.75) is 32.4 Å². The van der Waals surface area contributed by atoms with Crippen molar-refractivity contribution >= 4 is 11.9 Å². The highest BCUT2D eigenvalue weighted by molar-refractivity contribution is 5.83. The summed E-state index contributed by atoms with van der Waals surface area (Å²) < 4.78 is 4.42. The van der Waals surface area contributed by atoms with Crippen molar-refractivity contribution in [1.82, 2.24) is 5.32 Å². The van der Waals surface area contributed by atoms with Crippen LogP contribution in [0.1, 0.15) is 20.3 Å². The van der Waals surface area contributed by atoms with Crippen LogP contribution in [-0.4, -0.2) is 36.0 Å². The van der Waals surface area contributed by atoms with Crippen LogP contribution in [0.25, 0.3) is 0 Å². The van der Waals surface area contributed by atoms with E-state index in [1.807, 2.05) is 0 Å². The van der Waals surface area contributed by atoms with E-state index in [0.29, 0.717) is 0 Å². The van der Waals surface area contributed by atoms with Gasteiger partial charge in [-0.05, 0) is 0 Å². The molecule has 0 radical (unpaired) electrons. The Kier molecular flexibility index (Phi) is 5.29. The molecule has 0 aliphatic rings. The van der Waals surface area contributed by atoms with E-state index in [0.717, 1.165) is 7.11 Å². The fourth-order valence-electron chi connectivity index (χ4n) is 1.03. The van der Waals surface area contributed by atoms with E-state index in [1.165, 1.54) is 13.8 Å². The number of hydrogen-bond acceptors (Lipinski definition) is 5. The standard InChI is InChI=1S/C8H14N2O5/c1-5(10(13)14)4-7(8(12)15-3)9-6(2)11/h5,7H,4H2,1-3H3,(H,9,11). The molecule has 1 amide bonds. The van der Waals surface area contributed by atoms with E-state index in [2.05, 4.69) is 10.1 Å².